The molecular weight excluding hydrogens is 366 g/mol. The molecule has 0 aliphatic carbocycles. The molecule has 0 saturated carbocycles. The molecule has 7 nitrogen and oxygen atoms in total. The van der Waals surface area contributed by atoms with Gasteiger partial charge in [-0.2, -0.15) is 5.10 Å². The number of likely N-dealkylation sites (N-methyl/N-ethyl adjacent to an activating group) is 1. The van der Waals surface area contributed by atoms with Gasteiger partial charge < -0.3 is 9.80 Å². The first-order valence-electron chi connectivity index (χ1n) is 8.71. The molecule has 144 valence electrons. The van der Waals surface area contributed by atoms with Gasteiger partial charge in [-0.05, 0) is 24.3 Å². The molecule has 0 unspecified atom stereocenters. The summed E-state index contributed by atoms with van der Waals surface area (Å²) in [6.45, 7) is 0.915. The van der Waals surface area contributed by atoms with E-state index in [0.717, 1.165) is 0 Å². The van der Waals surface area contributed by atoms with Crippen LogP contribution in [0.2, 0.25) is 0 Å². The fourth-order valence-corrected chi connectivity index (χ4v) is 3.16. The van der Waals surface area contributed by atoms with Crippen molar-refractivity contribution in [3.05, 3.63) is 60.2 Å². The van der Waals surface area contributed by atoms with Crippen molar-refractivity contribution >= 4 is 11.7 Å². The molecule has 1 amide bonds. The van der Waals surface area contributed by atoms with Crippen molar-refractivity contribution in [3.8, 4) is 11.3 Å². The number of benzene rings is 1. The summed E-state index contributed by atoms with van der Waals surface area (Å²) in [4.78, 5) is 23.9. The fraction of sp³-hybridized carbons (Fsp3) is 0.263. The predicted molar refractivity (Wildman–Crippen MR) is 98.7 cm³/mol. The quantitative estimate of drug-likeness (QED) is 0.689. The van der Waals surface area contributed by atoms with Gasteiger partial charge in [0.25, 0.3) is 5.91 Å². The molecular formula is C19H18F2N6O. The Morgan fingerprint density at radius 3 is 2.54 bits per heavy atom. The number of hydrogen-bond acceptors (Lipinski definition) is 5. The zero-order valence-electron chi connectivity index (χ0n) is 15.4. The molecule has 1 fully saturated rings. The van der Waals surface area contributed by atoms with E-state index in [0.29, 0.717) is 24.2 Å². The lowest BCUT2D eigenvalue weighted by Gasteiger charge is -2.44. The minimum Gasteiger partial charge on any atom is -0.350 e. The molecule has 2 aromatic heterocycles. The van der Waals surface area contributed by atoms with E-state index in [1.165, 1.54) is 36.8 Å². The third-order valence-corrected chi connectivity index (χ3v) is 4.87. The number of aryl methyl sites for hydroxylation is 1. The highest BCUT2D eigenvalue weighted by Gasteiger charge is 2.35. The molecule has 1 aromatic carbocycles. The summed E-state index contributed by atoms with van der Waals surface area (Å²) in [6.07, 6.45) is 4.47. The van der Waals surface area contributed by atoms with Gasteiger partial charge in [-0.3, -0.25) is 9.48 Å². The van der Waals surface area contributed by atoms with Crippen molar-refractivity contribution in [2.75, 3.05) is 25.0 Å². The summed E-state index contributed by atoms with van der Waals surface area (Å²) >= 11 is 0. The number of halogens is 2. The van der Waals surface area contributed by atoms with E-state index >= 15 is 0 Å². The standard InChI is InChI=1S/C19H18F2N6O/c1-25-8-13(7-24-25)19(28)26(2)15-9-27(10-15)18-16(21)17(22-11-23-18)12-3-5-14(20)6-4-12/h3-8,11,15H,9-10H2,1-2H3. The van der Waals surface area contributed by atoms with E-state index in [9.17, 15) is 13.6 Å². The van der Waals surface area contributed by atoms with Gasteiger partial charge >= 0.3 is 0 Å². The Bertz CT molecular complexity index is 1010. The van der Waals surface area contributed by atoms with Crippen LogP contribution < -0.4 is 4.90 Å². The molecule has 4 rings (SSSR count). The number of carbonyl (C=O) groups is 1. The Kier molecular flexibility index (Phi) is 4.50. The van der Waals surface area contributed by atoms with E-state index in [2.05, 4.69) is 15.1 Å². The van der Waals surface area contributed by atoms with Gasteiger partial charge in [-0.15, -0.1) is 0 Å². The van der Waals surface area contributed by atoms with Crippen LogP contribution in [0.3, 0.4) is 0 Å². The Hall–Kier alpha value is -3.36. The van der Waals surface area contributed by atoms with Crippen LogP contribution in [0.25, 0.3) is 11.3 Å². The molecule has 0 spiro atoms. The molecule has 0 bridgehead atoms. The van der Waals surface area contributed by atoms with Crippen LogP contribution in [0, 0.1) is 11.6 Å². The van der Waals surface area contributed by atoms with Gasteiger partial charge in [0.05, 0.1) is 17.8 Å². The summed E-state index contributed by atoms with van der Waals surface area (Å²) < 4.78 is 29.6. The second kappa shape index (κ2) is 6.99. The smallest absolute Gasteiger partial charge is 0.257 e. The van der Waals surface area contributed by atoms with Crippen LogP contribution in [0.15, 0.2) is 43.0 Å². The molecule has 0 atom stereocenters. The van der Waals surface area contributed by atoms with Crippen molar-refractivity contribution in [1.82, 2.24) is 24.6 Å². The van der Waals surface area contributed by atoms with E-state index in [4.69, 9.17) is 0 Å². The summed E-state index contributed by atoms with van der Waals surface area (Å²) in [5.74, 6) is -0.917. The number of amides is 1. The molecule has 1 saturated heterocycles. The molecule has 3 heterocycles. The molecule has 0 N–H and O–H groups in total. The van der Waals surface area contributed by atoms with Crippen molar-refractivity contribution in [1.29, 1.82) is 0 Å². The fourth-order valence-electron chi connectivity index (χ4n) is 3.16. The first-order chi connectivity index (χ1) is 13.4. The van der Waals surface area contributed by atoms with Gasteiger partial charge in [0.15, 0.2) is 11.6 Å². The number of rotatable bonds is 4. The van der Waals surface area contributed by atoms with E-state index < -0.39 is 11.6 Å². The molecule has 1 aliphatic heterocycles. The first kappa shape index (κ1) is 18.0. The van der Waals surface area contributed by atoms with Gasteiger partial charge in [0, 0.05) is 38.9 Å². The maximum atomic E-state index is 14.9. The predicted octanol–water partition coefficient (Wildman–Crippen LogP) is 2.12. The first-order valence-corrected chi connectivity index (χ1v) is 8.71. The monoisotopic (exact) mass is 384 g/mol. The number of aromatic nitrogens is 4. The number of anilines is 1. The van der Waals surface area contributed by atoms with Crippen molar-refractivity contribution < 1.29 is 13.6 Å². The largest absolute Gasteiger partial charge is 0.350 e. The summed E-state index contributed by atoms with van der Waals surface area (Å²) in [7, 11) is 3.47. The zero-order chi connectivity index (χ0) is 19.8. The van der Waals surface area contributed by atoms with Crippen LogP contribution in [0.4, 0.5) is 14.6 Å². The molecule has 9 heteroatoms. The van der Waals surface area contributed by atoms with Gasteiger partial charge in [0.2, 0.25) is 0 Å². The molecule has 0 radical (unpaired) electrons. The SMILES string of the molecule is CN(C(=O)c1cnn(C)c1)C1CN(c2ncnc(-c3ccc(F)cc3)c2F)C1. The molecule has 28 heavy (non-hydrogen) atoms. The highest BCUT2D eigenvalue weighted by atomic mass is 19.1. The van der Waals surface area contributed by atoms with Crippen molar-refractivity contribution in [2.24, 2.45) is 7.05 Å². The maximum Gasteiger partial charge on any atom is 0.257 e. The summed E-state index contributed by atoms with van der Waals surface area (Å²) in [6, 6.07) is 5.41. The lowest BCUT2D eigenvalue weighted by molar-refractivity contribution is 0.0704. The number of hydrogen-bond donors (Lipinski definition) is 0. The minimum atomic E-state index is -0.561. The molecule has 1 aliphatic rings. The zero-order valence-corrected chi connectivity index (χ0v) is 15.4. The minimum absolute atomic E-state index is 0.0589. The van der Waals surface area contributed by atoms with Crippen LogP contribution in [0.5, 0.6) is 0 Å². The van der Waals surface area contributed by atoms with Crippen LogP contribution in [-0.4, -0.2) is 56.7 Å². The third-order valence-electron chi connectivity index (χ3n) is 4.87. The van der Waals surface area contributed by atoms with E-state index in [-0.39, 0.29) is 23.5 Å². The topological polar surface area (TPSA) is 67.2 Å². The number of nitrogens with zero attached hydrogens (tertiary/aromatic N) is 6. The summed E-state index contributed by atoms with van der Waals surface area (Å²) in [5, 5.41) is 4.01. The third kappa shape index (κ3) is 3.19. The lowest BCUT2D eigenvalue weighted by atomic mass is 10.1. The number of carbonyl (C=O) groups excluding carboxylic acids is 1. The van der Waals surface area contributed by atoms with Crippen molar-refractivity contribution in [2.45, 2.75) is 6.04 Å². The van der Waals surface area contributed by atoms with Crippen molar-refractivity contribution in [3.63, 3.8) is 0 Å². The van der Waals surface area contributed by atoms with Crippen LogP contribution in [-0.2, 0) is 7.05 Å². The average Bonchev–Trinajstić information content (AvgIpc) is 3.08. The van der Waals surface area contributed by atoms with Crippen LogP contribution in [0.1, 0.15) is 10.4 Å². The van der Waals surface area contributed by atoms with Gasteiger partial charge in [-0.1, -0.05) is 0 Å². The highest BCUT2D eigenvalue weighted by molar-refractivity contribution is 5.94. The Balaban J connectivity index is 1.48. The van der Waals surface area contributed by atoms with E-state index in [1.807, 2.05) is 0 Å². The van der Waals surface area contributed by atoms with E-state index in [1.54, 1.807) is 34.8 Å². The average molecular weight is 384 g/mol. The lowest BCUT2D eigenvalue weighted by Crippen LogP contribution is -2.60. The highest BCUT2D eigenvalue weighted by Crippen LogP contribution is 2.29. The normalized spacial score (nSPS) is 14.1. The Labute approximate surface area is 160 Å². The summed E-state index contributed by atoms with van der Waals surface area (Å²) in [5.41, 5.74) is 1.10. The second-order valence-corrected chi connectivity index (χ2v) is 6.74. The Morgan fingerprint density at radius 2 is 1.89 bits per heavy atom. The van der Waals surface area contributed by atoms with Crippen LogP contribution >= 0.6 is 0 Å². The maximum absolute atomic E-state index is 14.9. The second-order valence-electron chi connectivity index (χ2n) is 6.74. The van der Waals surface area contributed by atoms with Gasteiger partial charge in [0.1, 0.15) is 17.8 Å². The molecule has 3 aromatic rings. The van der Waals surface area contributed by atoms with Gasteiger partial charge in [-0.25, -0.2) is 18.7 Å². The Morgan fingerprint density at radius 1 is 1.18 bits per heavy atom.